The molecule has 3 N–H and O–H groups in total. The van der Waals surface area contributed by atoms with Gasteiger partial charge < -0.3 is 10.8 Å². The van der Waals surface area contributed by atoms with Crippen LogP contribution in [0.1, 0.15) is 16.7 Å². The van der Waals surface area contributed by atoms with Crippen molar-refractivity contribution in [2.45, 2.75) is 26.3 Å². The van der Waals surface area contributed by atoms with E-state index in [4.69, 9.17) is 10.8 Å². The molecule has 0 heterocycles. The lowest BCUT2D eigenvalue weighted by atomic mass is 9.97. The molecule has 0 radical (unpaired) electrons. The zero-order valence-electron chi connectivity index (χ0n) is 9.05. The van der Waals surface area contributed by atoms with Crippen molar-refractivity contribution in [1.29, 1.82) is 0 Å². The van der Waals surface area contributed by atoms with Crippen molar-refractivity contribution < 1.29 is 14.3 Å². The number of halogens is 2. The van der Waals surface area contributed by atoms with Gasteiger partial charge in [0.2, 0.25) is 0 Å². The average molecular weight is 290 g/mol. The monoisotopic (exact) mass is 289 g/mol. The maximum atomic E-state index is 13.4. The van der Waals surface area contributed by atoms with Gasteiger partial charge in [-0.3, -0.25) is 4.79 Å². The second-order valence-electron chi connectivity index (χ2n) is 3.74. The van der Waals surface area contributed by atoms with Gasteiger partial charge in [0, 0.05) is 0 Å². The number of aliphatic carboxylic acids is 1. The smallest absolute Gasteiger partial charge is 0.320 e. The molecule has 1 unspecified atom stereocenters. The van der Waals surface area contributed by atoms with E-state index >= 15 is 0 Å². The van der Waals surface area contributed by atoms with Gasteiger partial charge in [-0.05, 0) is 59.0 Å². The van der Waals surface area contributed by atoms with Crippen LogP contribution in [-0.2, 0) is 11.2 Å². The number of carboxylic acid groups (broad SMARTS) is 1. The third-order valence-corrected chi connectivity index (χ3v) is 3.46. The number of rotatable bonds is 3. The van der Waals surface area contributed by atoms with Crippen LogP contribution in [0.25, 0.3) is 0 Å². The van der Waals surface area contributed by atoms with Crippen molar-refractivity contribution in [3.63, 3.8) is 0 Å². The zero-order chi connectivity index (χ0) is 12.5. The molecule has 0 saturated heterocycles. The second-order valence-corrected chi connectivity index (χ2v) is 4.53. The van der Waals surface area contributed by atoms with Gasteiger partial charge >= 0.3 is 5.97 Å². The Morgan fingerprint density at radius 1 is 1.62 bits per heavy atom. The number of aryl methyl sites for hydroxylation is 1. The summed E-state index contributed by atoms with van der Waals surface area (Å²) in [5.74, 6) is -1.48. The number of carboxylic acids is 1. The van der Waals surface area contributed by atoms with Crippen molar-refractivity contribution in [2.24, 2.45) is 5.73 Å². The molecule has 0 aliphatic heterocycles. The van der Waals surface area contributed by atoms with Crippen LogP contribution in [0, 0.1) is 19.7 Å². The number of hydrogen-bond acceptors (Lipinski definition) is 2. The van der Waals surface area contributed by atoms with Crippen LogP contribution in [0.5, 0.6) is 0 Å². The molecule has 0 aliphatic carbocycles. The summed E-state index contributed by atoms with van der Waals surface area (Å²) < 4.78 is 13.7. The zero-order valence-corrected chi connectivity index (χ0v) is 10.6. The standard InChI is InChI=1S/C11H13BrFNO2/c1-5-3-8(13)10(12)7(6(5)2)4-9(14)11(15)16/h3,9H,4,14H2,1-2H3,(H,15,16). The fourth-order valence-corrected chi connectivity index (χ4v) is 2.03. The number of benzene rings is 1. The second kappa shape index (κ2) is 4.93. The first-order valence-electron chi connectivity index (χ1n) is 4.77. The molecule has 5 heteroatoms. The van der Waals surface area contributed by atoms with Gasteiger partial charge in [0.25, 0.3) is 0 Å². The normalized spacial score (nSPS) is 12.6. The molecule has 0 amide bonds. The summed E-state index contributed by atoms with van der Waals surface area (Å²) in [4.78, 5) is 10.7. The third kappa shape index (κ3) is 2.59. The van der Waals surface area contributed by atoms with E-state index in [1.165, 1.54) is 6.07 Å². The fraction of sp³-hybridized carbons (Fsp3) is 0.364. The Kier molecular flexibility index (Phi) is 4.04. The molecule has 0 saturated carbocycles. The molecule has 1 atom stereocenters. The molecular formula is C11H13BrFNO2. The van der Waals surface area contributed by atoms with E-state index in [1.54, 1.807) is 6.92 Å². The molecule has 1 aromatic carbocycles. The van der Waals surface area contributed by atoms with Crippen molar-refractivity contribution in [3.8, 4) is 0 Å². The minimum Gasteiger partial charge on any atom is -0.480 e. The van der Waals surface area contributed by atoms with E-state index in [9.17, 15) is 9.18 Å². The van der Waals surface area contributed by atoms with Crippen LogP contribution >= 0.6 is 15.9 Å². The first-order chi connectivity index (χ1) is 7.34. The molecule has 0 spiro atoms. The van der Waals surface area contributed by atoms with Gasteiger partial charge in [0.05, 0.1) is 4.47 Å². The van der Waals surface area contributed by atoms with Crippen molar-refractivity contribution in [1.82, 2.24) is 0 Å². The Hall–Kier alpha value is -0.940. The Morgan fingerprint density at radius 3 is 2.69 bits per heavy atom. The topological polar surface area (TPSA) is 63.3 Å². The fourth-order valence-electron chi connectivity index (χ4n) is 1.46. The average Bonchev–Trinajstić information content (AvgIpc) is 2.21. The molecule has 1 rings (SSSR count). The molecule has 16 heavy (non-hydrogen) atoms. The van der Waals surface area contributed by atoms with E-state index < -0.39 is 17.8 Å². The Balaban J connectivity index is 3.17. The van der Waals surface area contributed by atoms with Gasteiger partial charge in [0.1, 0.15) is 11.9 Å². The largest absolute Gasteiger partial charge is 0.480 e. The van der Waals surface area contributed by atoms with Crippen LogP contribution < -0.4 is 5.73 Å². The van der Waals surface area contributed by atoms with Gasteiger partial charge in [-0.1, -0.05) is 0 Å². The molecule has 0 aromatic heterocycles. The first kappa shape index (κ1) is 13.1. The van der Waals surface area contributed by atoms with Crippen molar-refractivity contribution >= 4 is 21.9 Å². The summed E-state index contributed by atoms with van der Waals surface area (Å²) in [7, 11) is 0. The Labute approximate surface area is 102 Å². The summed E-state index contributed by atoms with van der Waals surface area (Å²) in [6.45, 7) is 3.60. The lowest BCUT2D eigenvalue weighted by molar-refractivity contribution is -0.138. The third-order valence-electron chi connectivity index (χ3n) is 2.60. The van der Waals surface area contributed by atoms with Crippen LogP contribution in [0.15, 0.2) is 10.5 Å². The summed E-state index contributed by atoms with van der Waals surface area (Å²) in [5, 5.41) is 8.73. The van der Waals surface area contributed by atoms with Gasteiger partial charge in [-0.2, -0.15) is 0 Å². The van der Waals surface area contributed by atoms with Gasteiger partial charge in [-0.15, -0.1) is 0 Å². The summed E-state index contributed by atoms with van der Waals surface area (Å²) in [5.41, 5.74) is 7.71. The molecule has 3 nitrogen and oxygen atoms in total. The Bertz CT molecular complexity index is 408. The van der Waals surface area contributed by atoms with Crippen molar-refractivity contribution in [3.05, 3.63) is 33.0 Å². The lowest BCUT2D eigenvalue weighted by Crippen LogP contribution is -2.32. The quantitative estimate of drug-likeness (QED) is 0.896. The highest BCUT2D eigenvalue weighted by Crippen LogP contribution is 2.27. The molecule has 88 valence electrons. The van der Waals surface area contributed by atoms with Gasteiger partial charge in [-0.25, -0.2) is 4.39 Å². The predicted octanol–water partition coefficient (Wildman–Crippen LogP) is 2.16. The highest BCUT2D eigenvalue weighted by atomic mass is 79.9. The maximum Gasteiger partial charge on any atom is 0.320 e. The number of carbonyl (C=O) groups is 1. The molecule has 0 aliphatic rings. The minimum absolute atomic E-state index is 0.111. The van der Waals surface area contributed by atoms with Crippen LogP contribution in [0.3, 0.4) is 0 Å². The van der Waals surface area contributed by atoms with E-state index in [2.05, 4.69) is 15.9 Å². The minimum atomic E-state index is -1.09. The predicted molar refractivity (Wildman–Crippen MR) is 62.9 cm³/mol. The van der Waals surface area contributed by atoms with E-state index in [0.29, 0.717) is 10.0 Å². The van der Waals surface area contributed by atoms with E-state index in [0.717, 1.165) is 11.1 Å². The van der Waals surface area contributed by atoms with Crippen molar-refractivity contribution in [2.75, 3.05) is 0 Å². The summed E-state index contributed by atoms with van der Waals surface area (Å²) in [6, 6.07) is 0.395. The van der Waals surface area contributed by atoms with E-state index in [1.807, 2.05) is 6.92 Å². The van der Waals surface area contributed by atoms with Gasteiger partial charge in [0.15, 0.2) is 0 Å². The van der Waals surface area contributed by atoms with E-state index in [-0.39, 0.29) is 6.42 Å². The highest BCUT2D eigenvalue weighted by Gasteiger charge is 2.18. The lowest BCUT2D eigenvalue weighted by Gasteiger charge is -2.14. The molecular weight excluding hydrogens is 277 g/mol. The number of nitrogens with two attached hydrogens (primary N) is 1. The molecule has 1 aromatic rings. The van der Waals surface area contributed by atoms with Crippen LogP contribution in [0.2, 0.25) is 0 Å². The number of hydrogen-bond donors (Lipinski definition) is 2. The summed E-state index contributed by atoms with van der Waals surface area (Å²) >= 11 is 3.12. The maximum absolute atomic E-state index is 13.4. The molecule has 0 bridgehead atoms. The molecule has 0 fully saturated rings. The highest BCUT2D eigenvalue weighted by molar-refractivity contribution is 9.10. The van der Waals surface area contributed by atoms with Crippen LogP contribution in [0.4, 0.5) is 4.39 Å². The summed E-state index contributed by atoms with van der Waals surface area (Å²) in [6.07, 6.45) is 0.111. The van der Waals surface area contributed by atoms with Crippen LogP contribution in [-0.4, -0.2) is 17.1 Å². The Morgan fingerprint density at radius 2 is 2.19 bits per heavy atom. The SMILES string of the molecule is Cc1cc(F)c(Br)c(CC(N)C(=O)O)c1C. The first-order valence-corrected chi connectivity index (χ1v) is 5.56.